The van der Waals surface area contributed by atoms with Gasteiger partial charge >= 0.3 is 5.51 Å². The van der Waals surface area contributed by atoms with E-state index in [0.717, 1.165) is 31.4 Å². The van der Waals surface area contributed by atoms with Crippen LogP contribution >= 0.6 is 0 Å². The van der Waals surface area contributed by atoms with Crippen LogP contribution in [-0.2, 0) is 9.84 Å². The molecular weight excluding hydrogens is 279 g/mol. The van der Waals surface area contributed by atoms with E-state index < -0.39 is 20.2 Å². The van der Waals surface area contributed by atoms with Gasteiger partial charge in [0.25, 0.3) is 9.84 Å². The molecule has 0 saturated carbocycles. The molecule has 0 amide bonds. The molecule has 0 atom stereocenters. The quantitative estimate of drug-likeness (QED) is 0.816. The van der Waals surface area contributed by atoms with Gasteiger partial charge in [-0.3, -0.25) is 0 Å². The standard InChI is InChI=1S/C12H16F3NO2S/c1-2-3-4-9-16-10-5-7-11(8-6-10)19(17,18)12(13,14)15/h5-8,16H,2-4,9H2,1H3. The van der Waals surface area contributed by atoms with Crippen molar-refractivity contribution >= 4 is 15.5 Å². The average molecular weight is 295 g/mol. The van der Waals surface area contributed by atoms with Crippen LogP contribution in [0.1, 0.15) is 26.2 Å². The number of anilines is 1. The molecule has 1 aromatic carbocycles. The Balaban J connectivity index is 2.72. The van der Waals surface area contributed by atoms with Gasteiger partial charge in [0.15, 0.2) is 0 Å². The van der Waals surface area contributed by atoms with Gasteiger partial charge in [0, 0.05) is 12.2 Å². The molecule has 0 heterocycles. The summed E-state index contributed by atoms with van der Waals surface area (Å²) in [5.74, 6) is 0. The second-order valence-corrected chi connectivity index (χ2v) is 6.05. The molecule has 7 heteroatoms. The Morgan fingerprint density at radius 2 is 1.68 bits per heavy atom. The molecule has 0 bridgehead atoms. The number of unbranched alkanes of at least 4 members (excludes halogenated alkanes) is 2. The number of rotatable bonds is 6. The van der Waals surface area contributed by atoms with Crippen molar-refractivity contribution in [2.75, 3.05) is 11.9 Å². The van der Waals surface area contributed by atoms with Crippen LogP contribution in [0.3, 0.4) is 0 Å². The number of benzene rings is 1. The van der Waals surface area contributed by atoms with Gasteiger partial charge in [-0.1, -0.05) is 19.8 Å². The molecule has 0 radical (unpaired) electrons. The molecular formula is C12H16F3NO2S. The van der Waals surface area contributed by atoms with Crippen molar-refractivity contribution in [3.05, 3.63) is 24.3 Å². The third-order valence-corrected chi connectivity index (χ3v) is 4.08. The lowest BCUT2D eigenvalue weighted by atomic mass is 10.2. The largest absolute Gasteiger partial charge is 0.501 e. The highest BCUT2D eigenvalue weighted by molar-refractivity contribution is 7.92. The SMILES string of the molecule is CCCCCNc1ccc(S(=O)(=O)C(F)(F)F)cc1. The first-order valence-electron chi connectivity index (χ1n) is 5.94. The van der Waals surface area contributed by atoms with Crippen molar-refractivity contribution < 1.29 is 21.6 Å². The van der Waals surface area contributed by atoms with E-state index in [2.05, 4.69) is 12.2 Å². The average Bonchev–Trinajstić information content (AvgIpc) is 2.34. The third-order valence-electron chi connectivity index (χ3n) is 2.58. The predicted octanol–water partition coefficient (Wildman–Crippen LogP) is 3.58. The van der Waals surface area contributed by atoms with E-state index in [4.69, 9.17) is 0 Å². The molecule has 0 spiro atoms. The normalized spacial score (nSPS) is 12.4. The first kappa shape index (κ1) is 15.8. The highest BCUT2D eigenvalue weighted by Crippen LogP contribution is 2.30. The summed E-state index contributed by atoms with van der Waals surface area (Å²) in [7, 11) is -5.25. The summed E-state index contributed by atoms with van der Waals surface area (Å²) in [4.78, 5) is -0.737. The zero-order chi connectivity index (χ0) is 14.5. The van der Waals surface area contributed by atoms with Gasteiger partial charge in [0.05, 0.1) is 4.90 Å². The smallest absolute Gasteiger partial charge is 0.385 e. The van der Waals surface area contributed by atoms with Crippen LogP contribution in [0.5, 0.6) is 0 Å². The van der Waals surface area contributed by atoms with E-state index >= 15 is 0 Å². The second-order valence-electron chi connectivity index (χ2n) is 4.11. The maximum absolute atomic E-state index is 12.3. The van der Waals surface area contributed by atoms with Gasteiger partial charge in [-0.25, -0.2) is 8.42 Å². The number of nitrogens with one attached hydrogen (secondary N) is 1. The highest BCUT2D eigenvalue weighted by Gasteiger charge is 2.46. The highest BCUT2D eigenvalue weighted by atomic mass is 32.2. The molecule has 0 unspecified atom stereocenters. The third kappa shape index (κ3) is 4.12. The first-order valence-corrected chi connectivity index (χ1v) is 7.42. The van der Waals surface area contributed by atoms with Crippen LogP contribution in [-0.4, -0.2) is 20.5 Å². The van der Waals surface area contributed by atoms with Crippen molar-refractivity contribution in [1.82, 2.24) is 0 Å². The fourth-order valence-corrected chi connectivity index (χ4v) is 2.25. The molecule has 0 fully saturated rings. The lowest BCUT2D eigenvalue weighted by Crippen LogP contribution is -2.23. The summed E-state index contributed by atoms with van der Waals surface area (Å²) in [6, 6.07) is 4.60. The first-order chi connectivity index (χ1) is 8.79. The Morgan fingerprint density at radius 1 is 1.11 bits per heavy atom. The molecule has 0 aliphatic rings. The van der Waals surface area contributed by atoms with Crippen molar-refractivity contribution in [2.24, 2.45) is 0 Å². The van der Waals surface area contributed by atoms with Crippen molar-refractivity contribution in [3.63, 3.8) is 0 Å². The van der Waals surface area contributed by atoms with E-state index in [1.165, 1.54) is 12.1 Å². The Bertz CT molecular complexity index is 495. The van der Waals surface area contributed by atoms with Gasteiger partial charge in [-0.2, -0.15) is 13.2 Å². The van der Waals surface area contributed by atoms with Crippen molar-refractivity contribution in [1.29, 1.82) is 0 Å². The topological polar surface area (TPSA) is 46.2 Å². The minimum atomic E-state index is -5.26. The number of sulfone groups is 1. The van der Waals surface area contributed by atoms with E-state index in [1.807, 2.05) is 0 Å². The second kappa shape index (κ2) is 6.27. The molecule has 1 N–H and O–H groups in total. The number of hydrogen-bond donors (Lipinski definition) is 1. The Labute approximate surface area is 110 Å². The monoisotopic (exact) mass is 295 g/mol. The zero-order valence-electron chi connectivity index (χ0n) is 10.5. The van der Waals surface area contributed by atoms with Crippen molar-refractivity contribution in [2.45, 2.75) is 36.6 Å². The molecule has 19 heavy (non-hydrogen) atoms. The van der Waals surface area contributed by atoms with E-state index in [9.17, 15) is 21.6 Å². The maximum Gasteiger partial charge on any atom is 0.501 e. The lowest BCUT2D eigenvalue weighted by Gasteiger charge is -2.09. The fraction of sp³-hybridized carbons (Fsp3) is 0.500. The molecule has 0 saturated heterocycles. The van der Waals surface area contributed by atoms with Crippen LogP contribution in [0.15, 0.2) is 29.2 Å². The summed E-state index contributed by atoms with van der Waals surface area (Å²) in [6.45, 7) is 2.77. The lowest BCUT2D eigenvalue weighted by molar-refractivity contribution is -0.0436. The Kier molecular flexibility index (Phi) is 5.22. The molecule has 0 aliphatic carbocycles. The van der Waals surface area contributed by atoms with Gasteiger partial charge in [0.2, 0.25) is 0 Å². The van der Waals surface area contributed by atoms with Crippen LogP contribution in [0, 0.1) is 0 Å². The minimum Gasteiger partial charge on any atom is -0.385 e. The van der Waals surface area contributed by atoms with Gasteiger partial charge in [0.1, 0.15) is 0 Å². The Hall–Kier alpha value is -1.24. The number of alkyl halides is 3. The summed E-state index contributed by atoms with van der Waals surface area (Å²) < 4.78 is 59.1. The molecule has 3 nitrogen and oxygen atoms in total. The number of halogens is 3. The van der Waals surface area contributed by atoms with Crippen LogP contribution in [0.2, 0.25) is 0 Å². The van der Waals surface area contributed by atoms with Crippen LogP contribution < -0.4 is 5.32 Å². The summed E-state index contributed by atoms with van der Waals surface area (Å²) in [6.07, 6.45) is 3.09. The van der Waals surface area contributed by atoms with Gasteiger partial charge in [-0.15, -0.1) is 0 Å². The molecule has 0 aliphatic heterocycles. The maximum atomic E-state index is 12.3. The van der Waals surface area contributed by atoms with Crippen LogP contribution in [0.4, 0.5) is 18.9 Å². The zero-order valence-corrected chi connectivity index (χ0v) is 11.3. The van der Waals surface area contributed by atoms with Crippen LogP contribution in [0.25, 0.3) is 0 Å². The summed E-state index contributed by atoms with van der Waals surface area (Å²) in [5.41, 5.74) is -4.65. The fourth-order valence-electron chi connectivity index (χ4n) is 1.49. The Morgan fingerprint density at radius 3 is 2.16 bits per heavy atom. The number of hydrogen-bond acceptors (Lipinski definition) is 3. The summed E-state index contributed by atoms with van der Waals surface area (Å²) in [5, 5.41) is 3.02. The van der Waals surface area contributed by atoms with E-state index in [-0.39, 0.29) is 0 Å². The van der Waals surface area contributed by atoms with Gasteiger partial charge in [-0.05, 0) is 30.7 Å². The minimum absolute atomic E-state index is 0.609. The molecule has 0 aromatic heterocycles. The molecule has 108 valence electrons. The van der Waals surface area contributed by atoms with E-state index in [0.29, 0.717) is 12.2 Å². The van der Waals surface area contributed by atoms with E-state index in [1.54, 1.807) is 0 Å². The molecule has 1 rings (SSSR count). The van der Waals surface area contributed by atoms with Gasteiger partial charge < -0.3 is 5.32 Å². The summed E-state index contributed by atoms with van der Waals surface area (Å²) >= 11 is 0. The predicted molar refractivity (Wildman–Crippen MR) is 67.7 cm³/mol. The molecule has 1 aromatic rings. The van der Waals surface area contributed by atoms with Crippen molar-refractivity contribution in [3.8, 4) is 0 Å².